The third kappa shape index (κ3) is 5.65. The first kappa shape index (κ1) is 17.8. The molecule has 1 rings (SSSR count). The third-order valence-electron chi connectivity index (χ3n) is 2.78. The second kappa shape index (κ2) is 8.28. The molecule has 0 atom stereocenters. The molecular formula is C14H20N4O3S. The van der Waals surface area contributed by atoms with Gasteiger partial charge in [-0.1, -0.05) is 0 Å². The highest BCUT2D eigenvalue weighted by atomic mass is 32.1. The Kier molecular flexibility index (Phi) is 6.71. The number of non-ortho nitro benzene ring substituents is 1. The van der Waals surface area contributed by atoms with Gasteiger partial charge in [0, 0.05) is 30.4 Å². The lowest BCUT2D eigenvalue weighted by molar-refractivity contribution is -0.384. The number of nitrogens with one attached hydrogen (secondary N) is 2. The van der Waals surface area contributed by atoms with Crippen molar-refractivity contribution in [2.24, 2.45) is 0 Å². The molecule has 0 fully saturated rings. The Hall–Kier alpha value is -2.22. The van der Waals surface area contributed by atoms with Crippen molar-refractivity contribution in [1.29, 1.82) is 0 Å². The smallest absolute Gasteiger partial charge is 0.269 e. The van der Waals surface area contributed by atoms with E-state index in [9.17, 15) is 14.9 Å². The summed E-state index contributed by atoms with van der Waals surface area (Å²) in [5.74, 6) is -0.107. The molecular weight excluding hydrogens is 304 g/mol. The molecule has 1 aromatic carbocycles. The number of benzene rings is 1. The van der Waals surface area contributed by atoms with Gasteiger partial charge in [0.2, 0.25) is 5.91 Å². The Morgan fingerprint density at radius 3 is 2.41 bits per heavy atom. The first-order valence-electron chi connectivity index (χ1n) is 6.93. The molecule has 0 aliphatic rings. The molecule has 22 heavy (non-hydrogen) atoms. The van der Waals surface area contributed by atoms with Crippen molar-refractivity contribution in [2.75, 3.05) is 18.4 Å². The minimum absolute atomic E-state index is 0.0140. The van der Waals surface area contributed by atoms with E-state index >= 15 is 0 Å². The number of hydrogen-bond acceptors (Lipinski definition) is 4. The van der Waals surface area contributed by atoms with Gasteiger partial charge in [0.1, 0.15) is 0 Å². The first-order chi connectivity index (χ1) is 10.3. The molecule has 0 radical (unpaired) electrons. The van der Waals surface area contributed by atoms with E-state index in [2.05, 4.69) is 10.6 Å². The Morgan fingerprint density at radius 2 is 1.95 bits per heavy atom. The van der Waals surface area contributed by atoms with E-state index in [1.54, 1.807) is 17.0 Å². The highest BCUT2D eigenvalue weighted by molar-refractivity contribution is 7.80. The zero-order valence-electron chi connectivity index (χ0n) is 12.8. The van der Waals surface area contributed by atoms with Crippen LogP contribution in [0.25, 0.3) is 0 Å². The Balaban J connectivity index is 2.64. The summed E-state index contributed by atoms with van der Waals surface area (Å²) in [6, 6.07) is 6.01. The van der Waals surface area contributed by atoms with Crippen LogP contribution in [0.3, 0.4) is 0 Å². The molecule has 0 aromatic heterocycles. The fraction of sp³-hybridized carbons (Fsp3) is 0.429. The van der Waals surface area contributed by atoms with Crippen LogP contribution in [-0.4, -0.2) is 40.0 Å². The van der Waals surface area contributed by atoms with E-state index in [0.717, 1.165) is 0 Å². The largest absolute Gasteiger partial charge is 0.352 e. The van der Waals surface area contributed by atoms with Crippen LogP contribution in [-0.2, 0) is 4.79 Å². The van der Waals surface area contributed by atoms with Crippen LogP contribution in [0.15, 0.2) is 24.3 Å². The third-order valence-corrected chi connectivity index (χ3v) is 3.14. The highest BCUT2D eigenvalue weighted by Crippen LogP contribution is 2.15. The predicted octanol–water partition coefficient (Wildman–Crippen LogP) is 2.14. The van der Waals surface area contributed by atoms with Crippen LogP contribution >= 0.6 is 12.2 Å². The lowest BCUT2D eigenvalue weighted by atomic mass is 10.3. The molecule has 2 N–H and O–H groups in total. The normalized spacial score (nSPS) is 10.2. The number of carbonyl (C=O) groups is 1. The van der Waals surface area contributed by atoms with Crippen molar-refractivity contribution in [3.05, 3.63) is 34.4 Å². The summed E-state index contributed by atoms with van der Waals surface area (Å²) >= 11 is 5.27. The number of thiocarbonyl (C=S) groups is 1. The maximum Gasteiger partial charge on any atom is 0.269 e. The van der Waals surface area contributed by atoms with Gasteiger partial charge < -0.3 is 15.5 Å². The molecule has 0 spiro atoms. The molecule has 120 valence electrons. The number of rotatable bonds is 6. The zero-order valence-corrected chi connectivity index (χ0v) is 13.6. The van der Waals surface area contributed by atoms with Crippen molar-refractivity contribution in [1.82, 2.24) is 10.2 Å². The summed E-state index contributed by atoms with van der Waals surface area (Å²) in [6.07, 6.45) is 0. The van der Waals surface area contributed by atoms with E-state index in [-0.39, 0.29) is 24.2 Å². The van der Waals surface area contributed by atoms with Gasteiger partial charge in [0.25, 0.3) is 5.69 Å². The minimum Gasteiger partial charge on any atom is -0.352 e. The van der Waals surface area contributed by atoms with Gasteiger partial charge in [-0.25, -0.2) is 0 Å². The molecule has 0 saturated carbocycles. The van der Waals surface area contributed by atoms with Gasteiger partial charge in [0.05, 0.1) is 11.5 Å². The van der Waals surface area contributed by atoms with Crippen LogP contribution in [0.2, 0.25) is 0 Å². The monoisotopic (exact) mass is 324 g/mol. The number of carbonyl (C=O) groups excluding carboxylic acids is 1. The van der Waals surface area contributed by atoms with Crippen molar-refractivity contribution in [3.63, 3.8) is 0 Å². The number of nitrogens with zero attached hydrogens (tertiary/aromatic N) is 2. The van der Waals surface area contributed by atoms with Crippen LogP contribution < -0.4 is 10.6 Å². The van der Waals surface area contributed by atoms with E-state index in [4.69, 9.17) is 12.2 Å². The standard InChI is InChI=1S/C14H20N4O3S/c1-4-17(9-13(19)15-10(2)3)14(22)16-11-5-7-12(8-6-11)18(20)21/h5-8,10H,4,9H2,1-3H3,(H,15,19)(H,16,22). The summed E-state index contributed by atoms with van der Waals surface area (Å²) < 4.78 is 0. The van der Waals surface area contributed by atoms with Crippen LogP contribution in [0, 0.1) is 10.1 Å². The highest BCUT2D eigenvalue weighted by Gasteiger charge is 2.13. The van der Waals surface area contributed by atoms with E-state index < -0.39 is 4.92 Å². The molecule has 0 saturated heterocycles. The lowest BCUT2D eigenvalue weighted by Crippen LogP contribution is -2.44. The Morgan fingerprint density at radius 1 is 1.36 bits per heavy atom. The van der Waals surface area contributed by atoms with Gasteiger partial charge in [-0.15, -0.1) is 0 Å². The molecule has 1 amide bonds. The van der Waals surface area contributed by atoms with Crippen molar-refractivity contribution >= 4 is 34.6 Å². The topological polar surface area (TPSA) is 87.5 Å². The van der Waals surface area contributed by atoms with Gasteiger partial charge in [-0.2, -0.15) is 0 Å². The number of amides is 1. The fourth-order valence-corrected chi connectivity index (χ4v) is 2.05. The zero-order chi connectivity index (χ0) is 16.7. The van der Waals surface area contributed by atoms with E-state index in [0.29, 0.717) is 17.3 Å². The summed E-state index contributed by atoms with van der Waals surface area (Å²) in [5, 5.41) is 16.8. The predicted molar refractivity (Wildman–Crippen MR) is 89.8 cm³/mol. The SMILES string of the molecule is CCN(CC(=O)NC(C)C)C(=S)Nc1ccc([N+](=O)[O-])cc1. The van der Waals surface area contributed by atoms with Crippen LogP contribution in [0.5, 0.6) is 0 Å². The lowest BCUT2D eigenvalue weighted by Gasteiger charge is -2.24. The summed E-state index contributed by atoms with van der Waals surface area (Å²) in [6.45, 7) is 6.41. The number of nitro groups is 1. The van der Waals surface area contributed by atoms with Gasteiger partial charge >= 0.3 is 0 Å². The second-order valence-corrected chi connectivity index (χ2v) is 5.36. The molecule has 8 heteroatoms. The van der Waals surface area contributed by atoms with Crippen molar-refractivity contribution in [3.8, 4) is 0 Å². The second-order valence-electron chi connectivity index (χ2n) is 4.97. The maximum atomic E-state index is 11.8. The number of nitro benzene ring substituents is 1. The average molecular weight is 324 g/mol. The molecule has 0 bridgehead atoms. The molecule has 7 nitrogen and oxygen atoms in total. The fourth-order valence-electron chi connectivity index (χ4n) is 1.74. The van der Waals surface area contributed by atoms with Crippen molar-refractivity contribution < 1.29 is 9.72 Å². The van der Waals surface area contributed by atoms with Crippen molar-refractivity contribution in [2.45, 2.75) is 26.8 Å². The Bertz CT molecular complexity index is 546. The van der Waals surface area contributed by atoms with Gasteiger partial charge in [-0.3, -0.25) is 14.9 Å². The molecule has 0 aliphatic heterocycles. The van der Waals surface area contributed by atoms with E-state index in [1.165, 1.54) is 12.1 Å². The quantitative estimate of drug-likeness (QED) is 0.473. The van der Waals surface area contributed by atoms with Gasteiger partial charge in [0.15, 0.2) is 5.11 Å². The number of likely N-dealkylation sites (N-methyl/N-ethyl adjacent to an activating group) is 1. The molecule has 0 unspecified atom stereocenters. The maximum absolute atomic E-state index is 11.8. The summed E-state index contributed by atoms with van der Waals surface area (Å²) in [5.41, 5.74) is 0.651. The summed E-state index contributed by atoms with van der Waals surface area (Å²) in [4.78, 5) is 23.6. The number of hydrogen-bond donors (Lipinski definition) is 2. The minimum atomic E-state index is -0.462. The van der Waals surface area contributed by atoms with Crippen LogP contribution in [0.1, 0.15) is 20.8 Å². The molecule has 0 aliphatic carbocycles. The van der Waals surface area contributed by atoms with Crippen LogP contribution in [0.4, 0.5) is 11.4 Å². The summed E-state index contributed by atoms with van der Waals surface area (Å²) in [7, 11) is 0. The van der Waals surface area contributed by atoms with E-state index in [1.807, 2.05) is 20.8 Å². The molecule has 0 heterocycles. The molecule has 1 aromatic rings. The Labute approximate surface area is 134 Å². The first-order valence-corrected chi connectivity index (χ1v) is 7.34. The van der Waals surface area contributed by atoms with Gasteiger partial charge in [-0.05, 0) is 45.1 Å². The number of anilines is 1. The average Bonchev–Trinajstić information content (AvgIpc) is 2.44.